The fourth-order valence-corrected chi connectivity index (χ4v) is 4.82. The van der Waals surface area contributed by atoms with Crippen LogP contribution in [0.4, 0.5) is 9.59 Å². The van der Waals surface area contributed by atoms with Gasteiger partial charge in [0.25, 0.3) is 0 Å². The molecule has 0 heterocycles. The van der Waals surface area contributed by atoms with E-state index in [1.807, 2.05) is 41.5 Å². The molecule has 2 saturated carbocycles. The molecule has 0 aromatic carbocycles. The number of amides is 4. The average molecular weight is 571 g/mol. The summed E-state index contributed by atoms with van der Waals surface area (Å²) in [6.45, 7) is 10.9. The molecule has 0 aliphatic heterocycles. The summed E-state index contributed by atoms with van der Waals surface area (Å²) in [5, 5.41) is 5.58. The molecule has 40 heavy (non-hydrogen) atoms. The monoisotopic (exact) mass is 570 g/mol. The van der Waals surface area contributed by atoms with E-state index in [0.717, 1.165) is 25.7 Å². The first-order chi connectivity index (χ1) is 18.2. The van der Waals surface area contributed by atoms with E-state index in [1.165, 1.54) is 0 Å². The second kappa shape index (κ2) is 14.9. The first-order valence-corrected chi connectivity index (χ1v) is 14.1. The van der Waals surface area contributed by atoms with Crippen molar-refractivity contribution in [3.05, 3.63) is 0 Å². The Morgan fingerprint density at radius 3 is 1.18 bits per heavy atom. The third-order valence-corrected chi connectivity index (χ3v) is 6.79. The number of hydrogen-bond acceptors (Lipinski definition) is 8. The summed E-state index contributed by atoms with van der Waals surface area (Å²) in [7, 11) is 6.97. The highest BCUT2D eigenvalue weighted by Crippen LogP contribution is 2.26. The molecule has 4 amide bonds. The van der Waals surface area contributed by atoms with Crippen LogP contribution >= 0.6 is 0 Å². The Labute approximate surface area is 240 Å². The molecular formula is C28H54N6O6. The van der Waals surface area contributed by atoms with Crippen LogP contribution in [0.3, 0.4) is 0 Å². The summed E-state index contributed by atoms with van der Waals surface area (Å²) in [4.78, 5) is 50.8. The lowest BCUT2D eigenvalue weighted by atomic mass is 9.82. The molecule has 2 aliphatic carbocycles. The van der Waals surface area contributed by atoms with E-state index in [1.54, 1.807) is 38.0 Å². The van der Waals surface area contributed by atoms with Gasteiger partial charge in [0.15, 0.2) is 0 Å². The van der Waals surface area contributed by atoms with Crippen molar-refractivity contribution in [3.8, 4) is 0 Å². The van der Waals surface area contributed by atoms with Crippen molar-refractivity contribution in [1.29, 1.82) is 0 Å². The van der Waals surface area contributed by atoms with E-state index in [9.17, 15) is 19.2 Å². The molecule has 0 aromatic rings. The van der Waals surface area contributed by atoms with Gasteiger partial charge in [0.05, 0.1) is 0 Å². The van der Waals surface area contributed by atoms with Gasteiger partial charge in [-0.05, 0) is 80.1 Å². The largest absolute Gasteiger partial charge is 0.444 e. The van der Waals surface area contributed by atoms with Crippen LogP contribution < -0.4 is 22.1 Å². The lowest BCUT2D eigenvalue weighted by Crippen LogP contribution is -2.53. The van der Waals surface area contributed by atoms with E-state index in [-0.39, 0.29) is 47.8 Å². The van der Waals surface area contributed by atoms with Crippen LogP contribution in [0.1, 0.15) is 80.1 Å². The maximum absolute atomic E-state index is 12.0. The molecule has 12 nitrogen and oxygen atoms in total. The summed E-state index contributed by atoms with van der Waals surface area (Å²) in [5.74, 6) is 0.0234. The lowest BCUT2D eigenvalue weighted by molar-refractivity contribution is -0.135. The average Bonchev–Trinajstić information content (AvgIpc) is 2.78. The molecule has 0 radical (unpaired) electrons. The Balaban J connectivity index is 0.000000400. The first-order valence-electron chi connectivity index (χ1n) is 14.1. The molecule has 12 heteroatoms. The van der Waals surface area contributed by atoms with Gasteiger partial charge in [0.2, 0.25) is 11.8 Å². The predicted octanol–water partition coefficient (Wildman–Crippen LogP) is 2.19. The summed E-state index contributed by atoms with van der Waals surface area (Å²) < 4.78 is 10.5. The van der Waals surface area contributed by atoms with Crippen molar-refractivity contribution in [3.63, 3.8) is 0 Å². The zero-order valence-corrected chi connectivity index (χ0v) is 26.2. The standard InChI is InChI=1S/2C14H27N3O3/c2*1-14(2,3)20-13(19)16-11-8-9(6-7-10(11)15)12(18)17(4)5/h2*9-11H,6-8,15H2,1-5H3,(H,16,19)/t2*9-,10+,11+/m10/s1. The fourth-order valence-electron chi connectivity index (χ4n) is 4.82. The highest BCUT2D eigenvalue weighted by Gasteiger charge is 2.35. The van der Waals surface area contributed by atoms with Gasteiger partial charge >= 0.3 is 12.2 Å². The minimum Gasteiger partial charge on any atom is -0.444 e. The normalized spacial score (nSPS) is 26.8. The quantitative estimate of drug-likeness (QED) is 0.399. The molecule has 2 fully saturated rings. The third kappa shape index (κ3) is 12.7. The van der Waals surface area contributed by atoms with Crippen LogP contribution in [-0.4, -0.2) is 97.4 Å². The van der Waals surface area contributed by atoms with Gasteiger partial charge in [-0.3, -0.25) is 9.59 Å². The highest BCUT2D eigenvalue weighted by atomic mass is 16.6. The van der Waals surface area contributed by atoms with Crippen molar-refractivity contribution in [2.75, 3.05) is 28.2 Å². The second-order valence-corrected chi connectivity index (χ2v) is 13.3. The van der Waals surface area contributed by atoms with Gasteiger partial charge in [-0.2, -0.15) is 0 Å². The zero-order valence-electron chi connectivity index (χ0n) is 26.2. The van der Waals surface area contributed by atoms with E-state index in [2.05, 4.69) is 10.6 Å². The SMILES string of the molecule is CN(C)C(=O)[C@@H]1CC[C@H](N)[C@@H](NC(=O)OC(C)(C)C)C1.CN(C)C(=O)[C@H]1CC[C@@H](N)[C@H](NC(=O)OC(C)(C)C)C1. The molecule has 0 unspecified atom stereocenters. The van der Waals surface area contributed by atoms with Crippen molar-refractivity contribution >= 4 is 24.0 Å². The third-order valence-electron chi connectivity index (χ3n) is 6.79. The number of nitrogens with two attached hydrogens (primary N) is 2. The van der Waals surface area contributed by atoms with Gasteiger partial charge in [-0.15, -0.1) is 0 Å². The Kier molecular flexibility index (Phi) is 13.2. The molecular weight excluding hydrogens is 516 g/mol. The summed E-state index contributed by atoms with van der Waals surface area (Å²) in [6.07, 6.45) is 3.17. The van der Waals surface area contributed by atoms with E-state index >= 15 is 0 Å². The van der Waals surface area contributed by atoms with Crippen molar-refractivity contribution in [1.82, 2.24) is 20.4 Å². The van der Waals surface area contributed by atoms with Crippen LogP contribution in [-0.2, 0) is 19.1 Å². The van der Waals surface area contributed by atoms with Gasteiger partial charge in [0, 0.05) is 64.2 Å². The first kappa shape index (κ1) is 35.4. The summed E-state index contributed by atoms with van der Waals surface area (Å²) in [6, 6.07) is -0.692. The van der Waals surface area contributed by atoms with Crippen LogP contribution in [0, 0.1) is 11.8 Å². The van der Waals surface area contributed by atoms with Crippen molar-refractivity contribution in [2.45, 2.75) is 115 Å². The summed E-state index contributed by atoms with van der Waals surface area (Å²) >= 11 is 0. The number of nitrogens with zero attached hydrogens (tertiary/aromatic N) is 2. The van der Waals surface area contributed by atoms with E-state index < -0.39 is 23.4 Å². The van der Waals surface area contributed by atoms with Crippen molar-refractivity contribution in [2.24, 2.45) is 23.3 Å². The van der Waals surface area contributed by atoms with Crippen LogP contribution in [0.25, 0.3) is 0 Å². The number of rotatable bonds is 4. The molecule has 6 N–H and O–H groups in total. The Morgan fingerprint density at radius 2 is 0.925 bits per heavy atom. The minimum atomic E-state index is -0.540. The van der Waals surface area contributed by atoms with Gasteiger partial charge < -0.3 is 41.4 Å². The van der Waals surface area contributed by atoms with Gasteiger partial charge in [0.1, 0.15) is 11.2 Å². The summed E-state index contributed by atoms with van der Waals surface area (Å²) in [5.41, 5.74) is 11.0. The maximum atomic E-state index is 12.0. The number of carbonyl (C=O) groups excluding carboxylic acids is 4. The number of ether oxygens (including phenoxy) is 2. The van der Waals surface area contributed by atoms with Gasteiger partial charge in [-0.25, -0.2) is 9.59 Å². The Bertz CT molecular complexity index is 796. The lowest BCUT2D eigenvalue weighted by Gasteiger charge is -2.35. The second-order valence-electron chi connectivity index (χ2n) is 13.3. The molecule has 232 valence electrons. The van der Waals surface area contributed by atoms with Crippen LogP contribution in [0.5, 0.6) is 0 Å². The maximum Gasteiger partial charge on any atom is 0.407 e. The van der Waals surface area contributed by atoms with Crippen LogP contribution in [0.2, 0.25) is 0 Å². The topological polar surface area (TPSA) is 169 Å². The number of hydrogen-bond donors (Lipinski definition) is 4. The smallest absolute Gasteiger partial charge is 0.407 e. The minimum absolute atomic E-state index is 0.0789. The molecule has 0 saturated heterocycles. The van der Waals surface area contributed by atoms with Crippen LogP contribution in [0.15, 0.2) is 0 Å². The molecule has 2 aliphatic rings. The van der Waals surface area contributed by atoms with Crippen molar-refractivity contribution < 1.29 is 28.7 Å². The number of carbonyl (C=O) groups is 4. The molecule has 2 rings (SSSR count). The molecule has 0 bridgehead atoms. The molecule has 0 spiro atoms. The molecule has 6 atom stereocenters. The fraction of sp³-hybridized carbons (Fsp3) is 0.857. The number of alkyl carbamates (subject to hydrolysis) is 2. The van der Waals surface area contributed by atoms with Gasteiger partial charge in [-0.1, -0.05) is 0 Å². The molecule has 0 aromatic heterocycles. The predicted molar refractivity (Wildman–Crippen MR) is 154 cm³/mol. The highest BCUT2D eigenvalue weighted by molar-refractivity contribution is 5.79. The Morgan fingerprint density at radius 1 is 0.625 bits per heavy atom. The van der Waals surface area contributed by atoms with E-state index in [4.69, 9.17) is 20.9 Å². The zero-order chi connectivity index (χ0) is 31.0. The Hall–Kier alpha value is -2.60. The number of nitrogens with one attached hydrogen (secondary N) is 2. The van der Waals surface area contributed by atoms with E-state index in [0.29, 0.717) is 12.8 Å².